The Labute approximate surface area is 150 Å². The first-order chi connectivity index (χ1) is 11.6. The molecule has 1 aromatic carbocycles. The SMILES string of the molecule is O=S(=O)(Cc1ccccc1)N1CCCSCC1CN1CCCCC1. The molecular formula is C18H28N2O2S2. The van der Waals surface area contributed by atoms with Gasteiger partial charge in [0.1, 0.15) is 0 Å². The molecule has 24 heavy (non-hydrogen) atoms. The third-order valence-electron chi connectivity index (χ3n) is 4.85. The summed E-state index contributed by atoms with van der Waals surface area (Å²) in [4.78, 5) is 2.46. The lowest BCUT2D eigenvalue weighted by Gasteiger charge is -2.35. The van der Waals surface area contributed by atoms with Gasteiger partial charge in [-0.05, 0) is 43.7 Å². The first-order valence-corrected chi connectivity index (χ1v) is 11.7. The number of sulfonamides is 1. The van der Waals surface area contributed by atoms with Gasteiger partial charge < -0.3 is 4.90 Å². The van der Waals surface area contributed by atoms with E-state index in [0.717, 1.165) is 43.1 Å². The molecule has 0 N–H and O–H groups in total. The van der Waals surface area contributed by atoms with Gasteiger partial charge in [-0.3, -0.25) is 0 Å². The number of thioether (sulfide) groups is 1. The summed E-state index contributed by atoms with van der Waals surface area (Å²) >= 11 is 1.91. The van der Waals surface area contributed by atoms with Crippen molar-refractivity contribution in [1.29, 1.82) is 0 Å². The standard InChI is InChI=1S/C18H28N2O2S2/c21-24(22,16-17-8-3-1-4-9-17)20-12-7-13-23-15-18(20)14-19-10-5-2-6-11-19/h1,3-4,8-9,18H,2,5-7,10-16H2. The molecule has 0 radical (unpaired) electrons. The van der Waals surface area contributed by atoms with E-state index in [1.165, 1.54) is 19.3 Å². The first kappa shape index (κ1) is 18.2. The Kier molecular flexibility index (Phi) is 6.61. The Balaban J connectivity index is 1.73. The molecule has 2 heterocycles. The van der Waals surface area contributed by atoms with Crippen LogP contribution in [0.4, 0.5) is 0 Å². The van der Waals surface area contributed by atoms with Gasteiger partial charge in [-0.15, -0.1) is 0 Å². The van der Waals surface area contributed by atoms with Crippen molar-refractivity contribution in [3.8, 4) is 0 Å². The molecule has 0 aromatic heterocycles. The van der Waals surface area contributed by atoms with Crippen LogP contribution in [0.15, 0.2) is 30.3 Å². The average molecular weight is 369 g/mol. The highest BCUT2D eigenvalue weighted by Crippen LogP contribution is 2.23. The Morgan fingerprint density at radius 2 is 1.75 bits per heavy atom. The van der Waals surface area contributed by atoms with E-state index < -0.39 is 10.0 Å². The van der Waals surface area contributed by atoms with Crippen LogP contribution in [-0.2, 0) is 15.8 Å². The van der Waals surface area contributed by atoms with Crippen LogP contribution >= 0.6 is 11.8 Å². The zero-order valence-corrected chi connectivity index (χ0v) is 15.9. The van der Waals surface area contributed by atoms with Gasteiger partial charge >= 0.3 is 0 Å². The van der Waals surface area contributed by atoms with Crippen LogP contribution in [0.25, 0.3) is 0 Å². The van der Waals surface area contributed by atoms with Crippen LogP contribution in [0.1, 0.15) is 31.2 Å². The van der Waals surface area contributed by atoms with Gasteiger partial charge in [0.05, 0.1) is 5.75 Å². The highest BCUT2D eigenvalue weighted by Gasteiger charge is 2.32. The van der Waals surface area contributed by atoms with Gasteiger partial charge in [0, 0.05) is 24.9 Å². The maximum atomic E-state index is 13.1. The largest absolute Gasteiger partial charge is 0.302 e. The molecule has 1 atom stereocenters. The molecule has 3 rings (SSSR count). The normalized spacial score (nSPS) is 24.6. The second-order valence-electron chi connectivity index (χ2n) is 6.80. The maximum Gasteiger partial charge on any atom is 0.218 e. The van der Waals surface area contributed by atoms with Crippen molar-refractivity contribution in [2.75, 3.05) is 37.7 Å². The minimum Gasteiger partial charge on any atom is -0.302 e. The number of benzene rings is 1. The van der Waals surface area contributed by atoms with Crippen LogP contribution < -0.4 is 0 Å². The van der Waals surface area contributed by atoms with E-state index in [1.54, 1.807) is 0 Å². The number of hydrogen-bond acceptors (Lipinski definition) is 4. The van der Waals surface area contributed by atoms with E-state index in [4.69, 9.17) is 0 Å². The molecule has 1 aromatic rings. The molecule has 4 nitrogen and oxygen atoms in total. The number of nitrogens with zero attached hydrogens (tertiary/aromatic N) is 2. The molecule has 6 heteroatoms. The summed E-state index contributed by atoms with van der Waals surface area (Å²) in [6, 6.07) is 9.68. The molecule has 134 valence electrons. The molecule has 0 bridgehead atoms. The number of rotatable bonds is 5. The Morgan fingerprint density at radius 3 is 2.50 bits per heavy atom. The molecule has 2 aliphatic heterocycles. The zero-order valence-electron chi connectivity index (χ0n) is 14.3. The van der Waals surface area contributed by atoms with Crippen LogP contribution in [0.2, 0.25) is 0 Å². The quantitative estimate of drug-likeness (QED) is 0.801. The van der Waals surface area contributed by atoms with Crippen molar-refractivity contribution in [3.05, 3.63) is 35.9 Å². The average Bonchev–Trinajstić information content (AvgIpc) is 2.82. The molecule has 0 saturated carbocycles. The van der Waals surface area contributed by atoms with Crippen molar-refractivity contribution >= 4 is 21.8 Å². The minimum atomic E-state index is -3.27. The molecule has 2 aliphatic rings. The van der Waals surface area contributed by atoms with Crippen molar-refractivity contribution in [3.63, 3.8) is 0 Å². The second kappa shape index (κ2) is 8.70. The van der Waals surface area contributed by atoms with Gasteiger partial charge in [0.2, 0.25) is 10.0 Å². The summed E-state index contributed by atoms with van der Waals surface area (Å²) < 4.78 is 27.9. The Bertz CT molecular complexity index is 601. The third-order valence-corrected chi connectivity index (χ3v) is 7.94. The molecule has 0 amide bonds. The smallest absolute Gasteiger partial charge is 0.218 e. The highest BCUT2D eigenvalue weighted by molar-refractivity contribution is 7.99. The van der Waals surface area contributed by atoms with E-state index in [9.17, 15) is 8.42 Å². The molecule has 0 spiro atoms. The summed E-state index contributed by atoms with van der Waals surface area (Å²) in [5, 5.41) is 0. The lowest BCUT2D eigenvalue weighted by Crippen LogP contribution is -2.49. The molecule has 2 fully saturated rings. The van der Waals surface area contributed by atoms with Gasteiger partial charge in [0.15, 0.2) is 0 Å². The first-order valence-electron chi connectivity index (χ1n) is 8.99. The molecule has 2 saturated heterocycles. The molecular weight excluding hydrogens is 340 g/mol. The minimum absolute atomic E-state index is 0.115. The summed E-state index contributed by atoms with van der Waals surface area (Å²) in [7, 11) is -3.27. The van der Waals surface area contributed by atoms with Crippen molar-refractivity contribution in [1.82, 2.24) is 9.21 Å². The maximum absolute atomic E-state index is 13.1. The Hall–Kier alpha value is -0.560. The fraction of sp³-hybridized carbons (Fsp3) is 0.667. The second-order valence-corrected chi connectivity index (χ2v) is 9.87. The lowest BCUT2D eigenvalue weighted by molar-refractivity contribution is 0.183. The van der Waals surface area contributed by atoms with Gasteiger partial charge in [-0.25, -0.2) is 8.42 Å². The summed E-state index contributed by atoms with van der Waals surface area (Å²) in [5.41, 5.74) is 0.881. The zero-order chi connectivity index (χ0) is 16.8. The van der Waals surface area contributed by atoms with Gasteiger partial charge in [-0.1, -0.05) is 36.8 Å². The van der Waals surface area contributed by atoms with Crippen LogP contribution in [0, 0.1) is 0 Å². The monoisotopic (exact) mass is 368 g/mol. The van der Waals surface area contributed by atoms with Crippen LogP contribution in [0.5, 0.6) is 0 Å². The molecule has 0 aliphatic carbocycles. The topological polar surface area (TPSA) is 40.6 Å². The van der Waals surface area contributed by atoms with Crippen LogP contribution in [0.3, 0.4) is 0 Å². The summed E-state index contributed by atoms with van der Waals surface area (Å²) in [6.45, 7) is 3.79. The Morgan fingerprint density at radius 1 is 1.00 bits per heavy atom. The van der Waals surface area contributed by atoms with Crippen molar-refractivity contribution in [2.24, 2.45) is 0 Å². The van der Waals surface area contributed by atoms with Gasteiger partial charge in [-0.2, -0.15) is 16.1 Å². The van der Waals surface area contributed by atoms with Crippen molar-refractivity contribution < 1.29 is 8.42 Å². The highest BCUT2D eigenvalue weighted by atomic mass is 32.2. The number of piperidine rings is 1. The van der Waals surface area contributed by atoms with E-state index in [-0.39, 0.29) is 11.8 Å². The predicted octanol–water partition coefficient (Wildman–Crippen LogP) is 2.81. The van der Waals surface area contributed by atoms with E-state index in [2.05, 4.69) is 4.90 Å². The third kappa shape index (κ3) is 4.97. The van der Waals surface area contributed by atoms with E-state index in [0.29, 0.717) is 6.54 Å². The molecule has 1 unspecified atom stereocenters. The predicted molar refractivity (Wildman–Crippen MR) is 102 cm³/mol. The van der Waals surface area contributed by atoms with Crippen molar-refractivity contribution in [2.45, 2.75) is 37.5 Å². The lowest BCUT2D eigenvalue weighted by atomic mass is 10.1. The summed E-state index contributed by atoms with van der Waals surface area (Å²) in [6.07, 6.45) is 4.76. The number of likely N-dealkylation sites (tertiary alicyclic amines) is 1. The summed E-state index contributed by atoms with van der Waals surface area (Å²) in [5.74, 6) is 2.10. The van der Waals surface area contributed by atoms with E-state index in [1.807, 2.05) is 46.4 Å². The van der Waals surface area contributed by atoms with Crippen LogP contribution in [-0.4, -0.2) is 61.3 Å². The van der Waals surface area contributed by atoms with E-state index >= 15 is 0 Å². The fourth-order valence-electron chi connectivity index (χ4n) is 3.63. The number of hydrogen-bond donors (Lipinski definition) is 0. The van der Waals surface area contributed by atoms with Gasteiger partial charge in [0.25, 0.3) is 0 Å². The fourth-order valence-corrected chi connectivity index (χ4v) is 6.56.